The number of thiazole rings is 1. The third kappa shape index (κ3) is 2.64. The Morgan fingerprint density at radius 1 is 1.27 bits per heavy atom. The lowest BCUT2D eigenvalue weighted by Crippen LogP contribution is -2.58. The molecule has 6 nitrogen and oxygen atoms in total. The molecule has 0 saturated carbocycles. The zero-order valence-corrected chi connectivity index (χ0v) is 17.0. The van der Waals surface area contributed by atoms with Crippen LogP contribution in [0, 0.1) is 11.7 Å². The number of aromatic nitrogens is 1. The van der Waals surface area contributed by atoms with Crippen LogP contribution in [0.5, 0.6) is 5.75 Å². The summed E-state index contributed by atoms with van der Waals surface area (Å²) < 4.78 is 27.1. The van der Waals surface area contributed by atoms with Gasteiger partial charge >= 0.3 is 5.97 Å². The second-order valence-corrected chi connectivity index (χ2v) is 8.35. The van der Waals surface area contributed by atoms with E-state index in [-0.39, 0.29) is 5.56 Å². The smallest absolute Gasteiger partial charge is 0.317 e. The van der Waals surface area contributed by atoms with Gasteiger partial charge in [0.25, 0.3) is 5.56 Å². The SMILES string of the molecule is COC(=O)C1C2c3ccccc3OC1(C)N=c1s/c(=C\c3ccccc3F)c(=O)n12. The average molecular weight is 424 g/mol. The van der Waals surface area contributed by atoms with Crippen molar-refractivity contribution >= 4 is 23.4 Å². The van der Waals surface area contributed by atoms with E-state index in [4.69, 9.17) is 9.47 Å². The summed E-state index contributed by atoms with van der Waals surface area (Å²) in [5, 5.41) is 0. The second kappa shape index (κ2) is 6.63. The average Bonchev–Trinajstić information content (AvgIpc) is 3.02. The molecule has 0 radical (unpaired) electrons. The molecule has 0 spiro atoms. The number of ether oxygens (including phenoxy) is 2. The van der Waals surface area contributed by atoms with Crippen molar-refractivity contribution in [2.45, 2.75) is 18.7 Å². The van der Waals surface area contributed by atoms with Crippen molar-refractivity contribution in [2.75, 3.05) is 7.11 Å². The predicted octanol–water partition coefficient (Wildman–Crippen LogP) is 2.00. The summed E-state index contributed by atoms with van der Waals surface area (Å²) in [4.78, 5) is 31.2. The summed E-state index contributed by atoms with van der Waals surface area (Å²) in [6.07, 6.45) is 1.51. The van der Waals surface area contributed by atoms with Crippen LogP contribution in [0.1, 0.15) is 24.1 Å². The molecule has 3 heterocycles. The molecule has 1 aromatic heterocycles. The molecule has 2 aliphatic heterocycles. The molecular weight excluding hydrogens is 407 g/mol. The number of carbonyl (C=O) groups excluding carboxylic acids is 1. The second-order valence-electron chi connectivity index (χ2n) is 7.34. The van der Waals surface area contributed by atoms with Gasteiger partial charge in [0, 0.05) is 11.1 Å². The van der Waals surface area contributed by atoms with Gasteiger partial charge < -0.3 is 9.47 Å². The van der Waals surface area contributed by atoms with Crippen molar-refractivity contribution in [1.82, 2.24) is 4.57 Å². The maximum absolute atomic E-state index is 14.1. The Morgan fingerprint density at radius 3 is 2.77 bits per heavy atom. The minimum Gasteiger partial charge on any atom is -0.469 e. The van der Waals surface area contributed by atoms with E-state index in [0.29, 0.717) is 26.2 Å². The fraction of sp³-hybridized carbons (Fsp3) is 0.227. The van der Waals surface area contributed by atoms with Crippen LogP contribution in [0.15, 0.2) is 58.3 Å². The third-order valence-electron chi connectivity index (χ3n) is 5.53. The number of carbonyl (C=O) groups is 1. The molecule has 0 N–H and O–H groups in total. The highest BCUT2D eigenvalue weighted by Crippen LogP contribution is 2.47. The molecule has 8 heteroatoms. The summed E-state index contributed by atoms with van der Waals surface area (Å²) in [5.41, 5.74) is -0.541. The molecule has 0 fully saturated rings. The summed E-state index contributed by atoms with van der Waals surface area (Å²) in [6.45, 7) is 1.71. The summed E-state index contributed by atoms with van der Waals surface area (Å²) >= 11 is 1.15. The molecule has 30 heavy (non-hydrogen) atoms. The van der Waals surface area contributed by atoms with Crippen LogP contribution in [-0.4, -0.2) is 23.4 Å². The van der Waals surface area contributed by atoms with Gasteiger partial charge in [-0.15, -0.1) is 0 Å². The fourth-order valence-corrected chi connectivity index (χ4v) is 5.25. The Labute approximate surface area is 174 Å². The van der Waals surface area contributed by atoms with Crippen LogP contribution in [0.25, 0.3) is 6.08 Å². The van der Waals surface area contributed by atoms with Crippen molar-refractivity contribution in [1.29, 1.82) is 0 Å². The van der Waals surface area contributed by atoms with E-state index in [2.05, 4.69) is 4.99 Å². The lowest BCUT2D eigenvalue weighted by Gasteiger charge is -2.44. The van der Waals surface area contributed by atoms with Crippen molar-refractivity contribution in [3.8, 4) is 5.75 Å². The van der Waals surface area contributed by atoms with E-state index in [9.17, 15) is 14.0 Å². The van der Waals surface area contributed by atoms with Gasteiger partial charge in [-0.3, -0.25) is 14.2 Å². The van der Waals surface area contributed by atoms with E-state index < -0.39 is 29.5 Å². The van der Waals surface area contributed by atoms with E-state index in [1.54, 1.807) is 31.2 Å². The van der Waals surface area contributed by atoms with Crippen LogP contribution in [0.3, 0.4) is 0 Å². The largest absolute Gasteiger partial charge is 0.469 e. The van der Waals surface area contributed by atoms with Crippen LogP contribution in [-0.2, 0) is 9.53 Å². The van der Waals surface area contributed by atoms with Gasteiger partial charge in [0.05, 0.1) is 17.7 Å². The topological polar surface area (TPSA) is 69.9 Å². The number of methoxy groups -OCH3 is 1. The minimum absolute atomic E-state index is 0.309. The number of benzene rings is 2. The van der Waals surface area contributed by atoms with Crippen LogP contribution in [0.2, 0.25) is 0 Å². The Morgan fingerprint density at radius 2 is 2.00 bits per heavy atom. The number of para-hydroxylation sites is 1. The van der Waals surface area contributed by atoms with E-state index in [1.165, 1.54) is 23.8 Å². The van der Waals surface area contributed by atoms with Gasteiger partial charge in [-0.1, -0.05) is 47.7 Å². The Kier molecular flexibility index (Phi) is 4.14. The number of nitrogens with zero attached hydrogens (tertiary/aromatic N) is 2. The summed E-state index contributed by atoms with van der Waals surface area (Å²) in [7, 11) is 1.30. The Bertz CT molecular complexity index is 1360. The first kappa shape index (κ1) is 18.7. The number of hydrogen-bond acceptors (Lipinski definition) is 6. The van der Waals surface area contributed by atoms with Gasteiger partial charge in [0.2, 0.25) is 5.72 Å². The van der Waals surface area contributed by atoms with E-state index in [0.717, 1.165) is 11.3 Å². The highest BCUT2D eigenvalue weighted by atomic mass is 32.1. The number of fused-ring (bicyclic) bond motifs is 6. The number of hydrogen-bond donors (Lipinski definition) is 0. The van der Waals surface area contributed by atoms with Gasteiger partial charge in [0.15, 0.2) is 4.80 Å². The zero-order chi connectivity index (χ0) is 21.0. The Hall–Kier alpha value is -3.26. The molecule has 152 valence electrons. The lowest BCUT2D eigenvalue weighted by molar-refractivity contribution is -0.158. The standard InChI is InChI=1S/C22H17FN2O4S/c1-22-17(20(27)28-2)18(13-8-4-6-10-15(13)29-22)25-19(26)16(30-21(25)24-22)11-12-7-3-5-9-14(12)23/h3-11,17-18H,1-2H3/b16-11-. The molecule has 0 aliphatic carbocycles. The van der Waals surface area contributed by atoms with E-state index >= 15 is 0 Å². The van der Waals surface area contributed by atoms with Gasteiger partial charge in [0.1, 0.15) is 17.5 Å². The van der Waals surface area contributed by atoms with Crippen LogP contribution in [0.4, 0.5) is 4.39 Å². The molecule has 3 atom stereocenters. The number of rotatable bonds is 2. The van der Waals surface area contributed by atoms with Crippen molar-refractivity contribution in [2.24, 2.45) is 10.9 Å². The van der Waals surface area contributed by atoms with Crippen LogP contribution >= 0.6 is 11.3 Å². The molecular formula is C22H17FN2O4S. The van der Waals surface area contributed by atoms with Crippen LogP contribution < -0.4 is 19.6 Å². The van der Waals surface area contributed by atoms with Crippen molar-refractivity contribution < 1.29 is 18.7 Å². The molecule has 0 amide bonds. The van der Waals surface area contributed by atoms with Crippen molar-refractivity contribution in [3.05, 3.63) is 85.2 Å². The highest BCUT2D eigenvalue weighted by molar-refractivity contribution is 7.07. The maximum atomic E-state index is 14.1. The molecule has 5 rings (SSSR count). The van der Waals surface area contributed by atoms with Crippen molar-refractivity contribution in [3.63, 3.8) is 0 Å². The Balaban J connectivity index is 1.81. The fourth-order valence-electron chi connectivity index (χ4n) is 4.16. The first-order valence-corrected chi connectivity index (χ1v) is 10.2. The predicted molar refractivity (Wildman–Crippen MR) is 108 cm³/mol. The molecule has 2 bridgehead atoms. The van der Waals surface area contributed by atoms with Gasteiger partial charge in [-0.2, -0.15) is 0 Å². The van der Waals surface area contributed by atoms with E-state index in [1.807, 2.05) is 18.2 Å². The molecule has 2 aliphatic rings. The molecule has 3 unspecified atom stereocenters. The maximum Gasteiger partial charge on any atom is 0.317 e. The first-order valence-electron chi connectivity index (χ1n) is 9.36. The summed E-state index contributed by atoms with van der Waals surface area (Å²) in [5.74, 6) is -1.20. The number of esters is 1. The normalized spacial score (nSPS) is 24.3. The minimum atomic E-state index is -1.22. The zero-order valence-electron chi connectivity index (χ0n) is 16.2. The molecule has 3 aromatic rings. The van der Waals surface area contributed by atoms with Gasteiger partial charge in [-0.05, 0) is 25.1 Å². The van der Waals surface area contributed by atoms with Gasteiger partial charge in [-0.25, -0.2) is 9.38 Å². The number of halogens is 1. The third-order valence-corrected chi connectivity index (χ3v) is 6.51. The highest BCUT2D eigenvalue weighted by Gasteiger charge is 2.55. The molecule has 0 saturated heterocycles. The quantitative estimate of drug-likeness (QED) is 0.590. The monoisotopic (exact) mass is 424 g/mol. The first-order chi connectivity index (χ1) is 14.4. The summed E-state index contributed by atoms with van der Waals surface area (Å²) in [6, 6.07) is 12.9. The molecule has 2 aromatic carbocycles. The lowest BCUT2D eigenvalue weighted by atomic mass is 9.81.